The molecule has 0 unspecified atom stereocenters. The lowest BCUT2D eigenvalue weighted by Gasteiger charge is -2.17. The summed E-state index contributed by atoms with van der Waals surface area (Å²) < 4.78 is 5.15. The van der Waals surface area contributed by atoms with Crippen LogP contribution < -0.4 is 15.0 Å². The quantitative estimate of drug-likeness (QED) is 0.654. The second-order valence-electron chi connectivity index (χ2n) is 6.92. The predicted molar refractivity (Wildman–Crippen MR) is 116 cm³/mol. The molecule has 0 radical (unpaired) electrons. The van der Waals surface area contributed by atoms with E-state index >= 15 is 0 Å². The molecule has 2 aromatic carbocycles. The molecule has 0 atom stereocenters. The number of hydrogen-bond acceptors (Lipinski definition) is 4. The van der Waals surface area contributed by atoms with E-state index in [0.717, 1.165) is 39.5 Å². The van der Waals surface area contributed by atoms with Gasteiger partial charge in [-0.1, -0.05) is 24.3 Å². The van der Waals surface area contributed by atoms with Gasteiger partial charge in [-0.3, -0.25) is 9.59 Å². The van der Waals surface area contributed by atoms with Crippen molar-refractivity contribution >= 4 is 34.5 Å². The summed E-state index contributed by atoms with van der Waals surface area (Å²) in [6.45, 7) is 0.668. The number of methoxy groups -OCH3 is 1. The minimum atomic E-state index is -0.0464. The van der Waals surface area contributed by atoms with Gasteiger partial charge >= 0.3 is 0 Å². The summed E-state index contributed by atoms with van der Waals surface area (Å²) in [4.78, 5) is 27.7. The molecule has 1 aromatic heterocycles. The molecule has 0 spiro atoms. The van der Waals surface area contributed by atoms with E-state index in [9.17, 15) is 9.59 Å². The minimum absolute atomic E-state index is 0.0155. The number of thiophene rings is 1. The second-order valence-corrected chi connectivity index (χ2v) is 7.87. The van der Waals surface area contributed by atoms with Crippen LogP contribution in [0.2, 0.25) is 0 Å². The van der Waals surface area contributed by atoms with Gasteiger partial charge in [-0.05, 0) is 59.7 Å². The van der Waals surface area contributed by atoms with Crippen molar-refractivity contribution in [3.8, 4) is 5.75 Å². The first-order chi connectivity index (χ1) is 14.1. The number of anilines is 2. The first-order valence-electron chi connectivity index (χ1n) is 9.55. The van der Waals surface area contributed by atoms with Crippen LogP contribution in [0.5, 0.6) is 5.75 Å². The molecular weight excluding hydrogens is 384 g/mol. The Bertz CT molecular complexity index is 1010. The Morgan fingerprint density at radius 3 is 2.69 bits per heavy atom. The Kier molecular flexibility index (Phi) is 5.62. The number of nitrogens with one attached hydrogen (secondary N) is 1. The number of carbonyl (C=O) groups excluding carboxylic acids is 2. The summed E-state index contributed by atoms with van der Waals surface area (Å²) in [6, 6.07) is 17.3. The van der Waals surface area contributed by atoms with Gasteiger partial charge in [0.15, 0.2) is 0 Å². The van der Waals surface area contributed by atoms with Gasteiger partial charge in [0, 0.05) is 24.3 Å². The summed E-state index contributed by atoms with van der Waals surface area (Å²) in [5.74, 6) is 0.773. The Balaban J connectivity index is 1.40. The maximum atomic E-state index is 12.7. The van der Waals surface area contributed by atoms with Gasteiger partial charge in [-0.2, -0.15) is 0 Å². The molecule has 0 aliphatic carbocycles. The Hall–Kier alpha value is -3.12. The van der Waals surface area contributed by atoms with Gasteiger partial charge in [-0.25, -0.2) is 0 Å². The van der Waals surface area contributed by atoms with Crippen LogP contribution in [0.4, 0.5) is 11.4 Å². The van der Waals surface area contributed by atoms with E-state index in [2.05, 4.69) is 5.32 Å². The monoisotopic (exact) mass is 406 g/mol. The smallest absolute Gasteiger partial charge is 0.268 e. The maximum absolute atomic E-state index is 12.7. The number of fused-ring (bicyclic) bond motifs is 1. The highest BCUT2D eigenvalue weighted by Crippen LogP contribution is 2.32. The standard InChI is InChI=1S/C23H22N2O3S/c1-28-19-9-4-16(5-10-19)6-11-22(26)24-18-8-7-17-12-13-25(20(17)15-18)23(27)21-3-2-14-29-21/h2-5,7-10,14-15H,6,11-13H2,1H3,(H,24,26). The first kappa shape index (κ1) is 19.2. The number of carbonyl (C=O) groups is 2. The minimum Gasteiger partial charge on any atom is -0.497 e. The molecule has 1 N–H and O–H groups in total. The van der Waals surface area contributed by atoms with E-state index < -0.39 is 0 Å². The molecule has 0 saturated carbocycles. The highest BCUT2D eigenvalue weighted by atomic mass is 32.1. The van der Waals surface area contributed by atoms with E-state index in [1.807, 2.05) is 60.0 Å². The van der Waals surface area contributed by atoms with Gasteiger partial charge in [0.05, 0.1) is 12.0 Å². The summed E-state index contributed by atoms with van der Waals surface area (Å²) in [7, 11) is 1.63. The lowest BCUT2D eigenvalue weighted by Crippen LogP contribution is -2.28. The molecule has 4 rings (SSSR count). The third kappa shape index (κ3) is 4.32. The van der Waals surface area contributed by atoms with Gasteiger partial charge in [0.2, 0.25) is 5.91 Å². The molecule has 2 amide bonds. The first-order valence-corrected chi connectivity index (χ1v) is 10.4. The highest BCUT2D eigenvalue weighted by molar-refractivity contribution is 7.12. The molecule has 3 aromatic rings. The zero-order valence-electron chi connectivity index (χ0n) is 16.2. The van der Waals surface area contributed by atoms with Crippen LogP contribution in [0.15, 0.2) is 60.0 Å². The van der Waals surface area contributed by atoms with Gasteiger partial charge in [0.25, 0.3) is 5.91 Å². The summed E-state index contributed by atoms with van der Waals surface area (Å²) >= 11 is 1.45. The fourth-order valence-corrected chi connectivity index (χ4v) is 4.15. The predicted octanol–water partition coefficient (Wildman–Crippen LogP) is 4.53. The molecule has 0 fully saturated rings. The average molecular weight is 407 g/mol. The van der Waals surface area contributed by atoms with Crippen molar-refractivity contribution in [2.45, 2.75) is 19.3 Å². The maximum Gasteiger partial charge on any atom is 0.268 e. The molecule has 148 valence electrons. The van der Waals surface area contributed by atoms with E-state index in [1.165, 1.54) is 11.3 Å². The number of amides is 2. The molecule has 2 heterocycles. The molecule has 5 nitrogen and oxygen atoms in total. The largest absolute Gasteiger partial charge is 0.497 e. The number of benzene rings is 2. The summed E-state index contributed by atoms with van der Waals surface area (Å²) in [6.07, 6.45) is 1.88. The zero-order chi connectivity index (χ0) is 20.2. The lowest BCUT2D eigenvalue weighted by atomic mass is 10.1. The van der Waals surface area contributed by atoms with Crippen LogP contribution in [-0.2, 0) is 17.6 Å². The van der Waals surface area contributed by atoms with Gasteiger partial charge in [-0.15, -0.1) is 11.3 Å². The van der Waals surface area contributed by atoms with E-state index in [-0.39, 0.29) is 11.8 Å². The number of aryl methyl sites for hydroxylation is 1. The van der Waals surface area contributed by atoms with Crippen LogP contribution in [0.25, 0.3) is 0 Å². The van der Waals surface area contributed by atoms with Gasteiger partial charge in [0.1, 0.15) is 5.75 Å². The van der Waals surface area contributed by atoms with Crippen molar-refractivity contribution in [1.29, 1.82) is 0 Å². The Morgan fingerprint density at radius 1 is 1.14 bits per heavy atom. The third-order valence-electron chi connectivity index (χ3n) is 5.04. The highest BCUT2D eigenvalue weighted by Gasteiger charge is 2.26. The van der Waals surface area contributed by atoms with Gasteiger partial charge < -0.3 is 15.0 Å². The molecular formula is C23H22N2O3S. The number of hydrogen-bond donors (Lipinski definition) is 1. The van der Waals surface area contributed by atoms with Crippen molar-refractivity contribution in [3.63, 3.8) is 0 Å². The van der Waals surface area contributed by atoms with E-state index in [0.29, 0.717) is 19.4 Å². The fourth-order valence-electron chi connectivity index (χ4n) is 3.47. The van der Waals surface area contributed by atoms with Crippen LogP contribution in [0.3, 0.4) is 0 Å². The summed E-state index contributed by atoms with van der Waals surface area (Å²) in [5, 5.41) is 4.87. The van der Waals surface area contributed by atoms with E-state index in [1.54, 1.807) is 12.0 Å². The van der Waals surface area contributed by atoms with Crippen LogP contribution >= 0.6 is 11.3 Å². The summed E-state index contributed by atoms with van der Waals surface area (Å²) in [5.41, 5.74) is 3.82. The lowest BCUT2D eigenvalue weighted by molar-refractivity contribution is -0.116. The van der Waals surface area contributed by atoms with Crippen molar-refractivity contribution in [2.75, 3.05) is 23.9 Å². The Labute approximate surface area is 173 Å². The van der Waals surface area contributed by atoms with Crippen LogP contribution in [-0.4, -0.2) is 25.5 Å². The van der Waals surface area contributed by atoms with Crippen molar-refractivity contribution in [1.82, 2.24) is 0 Å². The van der Waals surface area contributed by atoms with Crippen LogP contribution in [0.1, 0.15) is 27.2 Å². The molecule has 1 aliphatic rings. The number of rotatable bonds is 6. The topological polar surface area (TPSA) is 58.6 Å². The Morgan fingerprint density at radius 2 is 1.97 bits per heavy atom. The number of ether oxygens (including phenoxy) is 1. The fraction of sp³-hybridized carbons (Fsp3) is 0.217. The average Bonchev–Trinajstić information content (AvgIpc) is 3.42. The SMILES string of the molecule is COc1ccc(CCC(=O)Nc2ccc3c(c2)N(C(=O)c2cccs2)CC3)cc1. The number of nitrogens with zero attached hydrogens (tertiary/aromatic N) is 1. The normalized spacial score (nSPS) is 12.5. The van der Waals surface area contributed by atoms with Crippen molar-refractivity contribution in [2.24, 2.45) is 0 Å². The molecule has 0 saturated heterocycles. The van der Waals surface area contributed by atoms with Crippen molar-refractivity contribution in [3.05, 3.63) is 76.0 Å². The molecule has 0 bridgehead atoms. The third-order valence-corrected chi connectivity index (χ3v) is 5.90. The zero-order valence-corrected chi connectivity index (χ0v) is 17.0. The second kappa shape index (κ2) is 8.49. The molecule has 1 aliphatic heterocycles. The molecule has 6 heteroatoms. The van der Waals surface area contributed by atoms with Crippen LogP contribution in [0, 0.1) is 0 Å². The van der Waals surface area contributed by atoms with E-state index in [4.69, 9.17) is 4.74 Å². The molecule has 29 heavy (non-hydrogen) atoms. The van der Waals surface area contributed by atoms with Crippen molar-refractivity contribution < 1.29 is 14.3 Å².